The highest BCUT2D eigenvalue weighted by molar-refractivity contribution is 6.33. The molecular weight excluding hydrogens is 490 g/mol. The number of carbonyl (C=O) groups excluding carboxylic acids is 1. The van der Waals surface area contributed by atoms with Crippen molar-refractivity contribution in [1.29, 1.82) is 0 Å². The van der Waals surface area contributed by atoms with E-state index in [4.69, 9.17) is 11.6 Å². The number of aromatic nitrogens is 7. The number of allylic oxidation sites excluding steroid dienone is 1. The Labute approximate surface area is 220 Å². The lowest BCUT2D eigenvalue weighted by molar-refractivity contribution is -0.134. The van der Waals surface area contributed by atoms with E-state index in [2.05, 4.69) is 45.2 Å². The number of carbonyl (C=O) groups is 1. The summed E-state index contributed by atoms with van der Waals surface area (Å²) in [5.41, 5.74) is 3.24. The van der Waals surface area contributed by atoms with E-state index < -0.39 is 0 Å². The minimum absolute atomic E-state index is 0.158. The highest BCUT2D eigenvalue weighted by Gasteiger charge is 2.61. The number of rotatable bonds is 3. The summed E-state index contributed by atoms with van der Waals surface area (Å²) in [5.74, 6) is 1.73. The van der Waals surface area contributed by atoms with E-state index in [-0.39, 0.29) is 23.0 Å². The van der Waals surface area contributed by atoms with Crippen LogP contribution in [0.3, 0.4) is 0 Å². The van der Waals surface area contributed by atoms with Gasteiger partial charge in [-0.25, -0.2) is 19.6 Å². The van der Waals surface area contributed by atoms with Gasteiger partial charge < -0.3 is 9.67 Å². The first-order chi connectivity index (χ1) is 17.8. The van der Waals surface area contributed by atoms with Crippen LogP contribution in [0.1, 0.15) is 70.5 Å². The van der Waals surface area contributed by atoms with E-state index in [0.29, 0.717) is 46.4 Å². The van der Waals surface area contributed by atoms with Gasteiger partial charge in [-0.15, -0.1) is 5.10 Å². The predicted molar refractivity (Wildman–Crippen MR) is 137 cm³/mol. The molecule has 4 aliphatic carbocycles. The number of hydrogen-bond acceptors (Lipinski definition) is 7. The molecule has 194 valence electrons. The molecule has 3 saturated carbocycles. The Kier molecular flexibility index (Phi) is 5.18. The van der Waals surface area contributed by atoms with Gasteiger partial charge in [0.05, 0.1) is 25.2 Å². The number of aliphatic hydroxyl groups excluding tert-OH is 1. The van der Waals surface area contributed by atoms with Crippen molar-refractivity contribution in [2.45, 2.75) is 77.5 Å². The highest BCUT2D eigenvalue weighted by atomic mass is 35.5. The number of Topliss-reactive ketones (excluding diaryl/α,β-unsaturated/α-hetero) is 1. The van der Waals surface area contributed by atoms with Crippen molar-refractivity contribution in [1.82, 2.24) is 34.5 Å². The summed E-state index contributed by atoms with van der Waals surface area (Å²) in [6.45, 7) is 5.05. The maximum absolute atomic E-state index is 13.9. The van der Waals surface area contributed by atoms with E-state index in [1.165, 1.54) is 11.9 Å². The minimum Gasteiger partial charge on any atom is -0.393 e. The van der Waals surface area contributed by atoms with Crippen LogP contribution in [0, 0.1) is 28.6 Å². The van der Waals surface area contributed by atoms with Crippen molar-refractivity contribution in [2.75, 3.05) is 0 Å². The van der Waals surface area contributed by atoms with Gasteiger partial charge in [0, 0.05) is 5.41 Å². The Hall–Kier alpha value is -2.65. The quantitative estimate of drug-likeness (QED) is 0.406. The maximum atomic E-state index is 13.9. The molecule has 4 aliphatic rings. The third kappa shape index (κ3) is 3.39. The molecule has 37 heavy (non-hydrogen) atoms. The smallest absolute Gasteiger partial charge is 0.165 e. The first-order valence-electron chi connectivity index (χ1n) is 13.4. The monoisotopic (exact) mass is 521 g/mol. The minimum atomic E-state index is -0.317. The van der Waals surface area contributed by atoms with Crippen molar-refractivity contribution in [3.63, 3.8) is 0 Å². The Morgan fingerprint density at radius 3 is 2.84 bits per heavy atom. The summed E-state index contributed by atoms with van der Waals surface area (Å²) in [4.78, 5) is 26.5. The first kappa shape index (κ1) is 23.5. The molecule has 0 saturated heterocycles. The summed E-state index contributed by atoms with van der Waals surface area (Å²) in [7, 11) is 0. The zero-order chi connectivity index (χ0) is 25.5. The van der Waals surface area contributed by atoms with Gasteiger partial charge in [0.2, 0.25) is 0 Å². The van der Waals surface area contributed by atoms with Crippen molar-refractivity contribution < 1.29 is 9.90 Å². The highest BCUT2D eigenvalue weighted by Crippen LogP contribution is 2.65. The van der Waals surface area contributed by atoms with Gasteiger partial charge in [-0.05, 0) is 68.1 Å². The average Bonchev–Trinajstić information content (AvgIpc) is 3.58. The molecular formula is C27H32ClN7O2. The average molecular weight is 522 g/mol. The molecule has 0 unspecified atom stereocenters. The third-order valence-corrected chi connectivity index (χ3v) is 10.7. The fraction of sp³-hybridized carbons (Fsp3) is 0.630. The van der Waals surface area contributed by atoms with Crippen LogP contribution in [-0.2, 0) is 11.3 Å². The molecule has 9 nitrogen and oxygen atoms in total. The number of hydrogen-bond donors (Lipinski definition) is 1. The lowest BCUT2D eigenvalue weighted by atomic mass is 9.48. The predicted octanol–water partition coefficient (Wildman–Crippen LogP) is 4.16. The molecule has 3 heterocycles. The molecule has 0 bridgehead atoms. The first-order valence-corrected chi connectivity index (χ1v) is 13.8. The molecule has 3 aromatic rings. The van der Waals surface area contributed by atoms with Gasteiger partial charge in [-0.3, -0.25) is 4.79 Å². The number of nitrogens with zero attached hydrogens (tertiary/aromatic N) is 7. The van der Waals surface area contributed by atoms with E-state index >= 15 is 0 Å². The van der Waals surface area contributed by atoms with Crippen LogP contribution in [0.4, 0.5) is 0 Å². The lowest BCUT2D eigenvalue weighted by Crippen LogP contribution is -2.50. The Balaban J connectivity index is 1.15. The van der Waals surface area contributed by atoms with Crippen LogP contribution in [0.25, 0.3) is 11.2 Å². The van der Waals surface area contributed by atoms with E-state index in [0.717, 1.165) is 50.6 Å². The van der Waals surface area contributed by atoms with Gasteiger partial charge in [0.1, 0.15) is 23.6 Å². The second-order valence-electron chi connectivity index (χ2n) is 12.1. The van der Waals surface area contributed by atoms with Crippen molar-refractivity contribution in [3.05, 3.63) is 41.3 Å². The SMILES string of the molecule is C[C@]12CC[C@H](O)CC1=CC[C@@H]1[C@@H]2CC[C@]2(C)C(=O)[C@@H](n3cc(Cn4cnc5c(Cl)ncnc54)nn3)C[C@@H]12. The summed E-state index contributed by atoms with van der Waals surface area (Å²) < 4.78 is 3.66. The molecule has 0 aliphatic heterocycles. The molecule has 0 amide bonds. The van der Waals surface area contributed by atoms with E-state index in [9.17, 15) is 9.90 Å². The zero-order valence-electron chi connectivity index (χ0n) is 21.2. The lowest BCUT2D eigenvalue weighted by Gasteiger charge is -2.56. The molecule has 10 heteroatoms. The largest absolute Gasteiger partial charge is 0.393 e. The standard InChI is InChI=1S/C27H32ClN7O2/c1-26-7-5-17(36)9-15(26)3-4-18-19(26)6-8-27(2)20(18)10-21(23(27)37)35-12-16(32-33-35)11-34-14-31-22-24(28)29-13-30-25(22)34/h3,12-14,17-21,36H,4-11H2,1-2H3/t17-,18+,19-,20-,21-,26-,27-/m0/s1. The van der Waals surface area contributed by atoms with Crippen LogP contribution >= 0.6 is 11.6 Å². The van der Waals surface area contributed by atoms with Crippen molar-refractivity contribution >= 4 is 28.5 Å². The van der Waals surface area contributed by atoms with Crippen LogP contribution < -0.4 is 0 Å². The summed E-state index contributed by atoms with van der Waals surface area (Å²) >= 11 is 6.14. The topological polar surface area (TPSA) is 112 Å². The third-order valence-electron chi connectivity index (χ3n) is 10.4. The van der Waals surface area contributed by atoms with Crippen LogP contribution in [0.2, 0.25) is 5.15 Å². The van der Waals surface area contributed by atoms with Crippen LogP contribution in [0.15, 0.2) is 30.5 Å². The molecule has 3 aromatic heterocycles. The molecule has 0 spiro atoms. The normalized spacial score (nSPS) is 37.2. The molecule has 7 atom stereocenters. The number of ketones is 1. The summed E-state index contributed by atoms with van der Waals surface area (Å²) in [6.07, 6.45) is 13.8. The Bertz CT molecular complexity index is 1430. The van der Waals surface area contributed by atoms with Crippen LogP contribution in [0.5, 0.6) is 0 Å². The molecule has 0 aromatic carbocycles. The van der Waals surface area contributed by atoms with E-state index in [1.54, 1.807) is 11.0 Å². The second kappa shape index (κ2) is 8.17. The van der Waals surface area contributed by atoms with Crippen molar-refractivity contribution in [3.8, 4) is 0 Å². The van der Waals surface area contributed by atoms with Gasteiger partial charge in [0.25, 0.3) is 0 Å². The van der Waals surface area contributed by atoms with E-state index in [1.807, 2.05) is 10.8 Å². The molecule has 0 radical (unpaired) electrons. The fourth-order valence-corrected chi connectivity index (χ4v) is 8.52. The number of aliphatic hydroxyl groups is 1. The maximum Gasteiger partial charge on any atom is 0.165 e. The Morgan fingerprint density at radius 2 is 1.97 bits per heavy atom. The van der Waals surface area contributed by atoms with Gasteiger partial charge in [0.15, 0.2) is 16.6 Å². The zero-order valence-corrected chi connectivity index (χ0v) is 22.0. The van der Waals surface area contributed by atoms with Gasteiger partial charge in [-0.1, -0.05) is 42.3 Å². The van der Waals surface area contributed by atoms with Gasteiger partial charge in [-0.2, -0.15) is 0 Å². The molecule has 1 N–H and O–H groups in total. The van der Waals surface area contributed by atoms with Gasteiger partial charge >= 0.3 is 0 Å². The number of halogens is 1. The number of imidazole rings is 1. The summed E-state index contributed by atoms with van der Waals surface area (Å²) in [6, 6.07) is -0.280. The molecule has 3 fully saturated rings. The van der Waals surface area contributed by atoms with Crippen molar-refractivity contribution in [2.24, 2.45) is 28.6 Å². The number of fused-ring (bicyclic) bond motifs is 6. The fourth-order valence-electron chi connectivity index (χ4n) is 8.34. The summed E-state index contributed by atoms with van der Waals surface area (Å²) in [5, 5.41) is 19.4. The second-order valence-corrected chi connectivity index (χ2v) is 12.5. The Morgan fingerprint density at radius 1 is 1.14 bits per heavy atom. The van der Waals surface area contributed by atoms with Crippen LogP contribution in [-0.4, -0.2) is 51.5 Å². The molecule has 7 rings (SSSR count).